The van der Waals surface area contributed by atoms with Crippen molar-refractivity contribution in [2.75, 3.05) is 6.61 Å². The van der Waals surface area contributed by atoms with Gasteiger partial charge in [0.15, 0.2) is 0 Å². The van der Waals surface area contributed by atoms with E-state index in [1.54, 1.807) is 0 Å². The maximum Gasteiger partial charge on any atom is 0.303 e. The number of nitrogens with one attached hydrogen (secondary N) is 3. The maximum absolute atomic E-state index is 13.6. The van der Waals surface area contributed by atoms with E-state index in [9.17, 15) is 28.8 Å². The van der Waals surface area contributed by atoms with Gasteiger partial charge in [-0.05, 0) is 37.2 Å². The molecular weight excluding hydrogens is 666 g/mol. The summed E-state index contributed by atoms with van der Waals surface area (Å²) in [4.78, 5) is 77.6. The standard InChI is InChI=1S/C39H61N5O8/c1-3-27(2)35(38(50)42-30(36(40)48)25-28-19-15-14-16-20-28)43-37(49)31-26-52-33-24-23-29(39(51)44(31)33)41-32(45)21-17-12-10-8-6-4-5-7-9-11-13-18-22-34(46)47/h14-16,19-20,27,29-31,33,35H,3-13,17-18,21-26H2,1-2H3,(H2,40,48)(H,41,45)(H,42,50)(H,43,49)(H,46,47)/t27-,29-,30-,31-,33-,35-/m0/s1. The fourth-order valence-corrected chi connectivity index (χ4v) is 6.91. The normalized spacial score (nSPS) is 20.0. The Kier molecular flexibility index (Phi) is 18.6. The summed E-state index contributed by atoms with van der Waals surface area (Å²) >= 11 is 0. The van der Waals surface area contributed by atoms with E-state index in [1.165, 1.54) is 30.6 Å². The molecule has 13 nitrogen and oxygen atoms in total. The quantitative estimate of drug-likeness (QED) is 0.0928. The number of rotatable bonds is 25. The molecule has 2 aliphatic rings. The Hall–Kier alpha value is -4.00. The molecule has 290 valence electrons. The molecule has 2 heterocycles. The van der Waals surface area contributed by atoms with Crippen molar-refractivity contribution >= 4 is 35.5 Å². The summed E-state index contributed by atoms with van der Waals surface area (Å²) in [6, 6.07) is 5.53. The number of carbonyl (C=O) groups is 6. The molecule has 13 heteroatoms. The molecule has 1 aromatic carbocycles. The van der Waals surface area contributed by atoms with E-state index in [0.717, 1.165) is 56.9 Å². The van der Waals surface area contributed by atoms with Crippen molar-refractivity contribution < 1.29 is 38.6 Å². The molecule has 6 atom stereocenters. The average Bonchev–Trinajstić information content (AvgIpc) is 3.56. The van der Waals surface area contributed by atoms with Crippen LogP contribution in [0.1, 0.15) is 129 Å². The molecule has 0 aliphatic carbocycles. The van der Waals surface area contributed by atoms with E-state index in [0.29, 0.717) is 25.7 Å². The van der Waals surface area contributed by atoms with Gasteiger partial charge in [0.2, 0.25) is 29.5 Å². The van der Waals surface area contributed by atoms with Gasteiger partial charge in [-0.1, -0.05) is 115 Å². The molecule has 52 heavy (non-hydrogen) atoms. The van der Waals surface area contributed by atoms with Crippen molar-refractivity contribution in [1.29, 1.82) is 0 Å². The second-order valence-electron chi connectivity index (χ2n) is 14.4. The minimum atomic E-state index is -0.974. The summed E-state index contributed by atoms with van der Waals surface area (Å²) in [5.74, 6) is -3.31. The van der Waals surface area contributed by atoms with E-state index >= 15 is 0 Å². The number of carboxylic acids is 1. The maximum atomic E-state index is 13.6. The lowest BCUT2D eigenvalue weighted by atomic mass is 9.96. The molecule has 0 radical (unpaired) electrons. The summed E-state index contributed by atoms with van der Waals surface area (Å²) in [5.41, 5.74) is 6.45. The van der Waals surface area contributed by atoms with E-state index < -0.39 is 54.1 Å². The van der Waals surface area contributed by atoms with E-state index in [-0.39, 0.29) is 37.2 Å². The smallest absolute Gasteiger partial charge is 0.303 e. The van der Waals surface area contributed by atoms with Crippen LogP contribution in [-0.4, -0.2) is 82.5 Å². The highest BCUT2D eigenvalue weighted by atomic mass is 16.5. The van der Waals surface area contributed by atoms with Gasteiger partial charge in [0, 0.05) is 19.3 Å². The van der Waals surface area contributed by atoms with Gasteiger partial charge in [-0.3, -0.25) is 28.8 Å². The van der Waals surface area contributed by atoms with Crippen LogP contribution in [0, 0.1) is 5.92 Å². The van der Waals surface area contributed by atoms with Gasteiger partial charge in [-0.25, -0.2) is 0 Å². The summed E-state index contributed by atoms with van der Waals surface area (Å²) < 4.78 is 5.82. The second kappa shape index (κ2) is 22.8. The third kappa shape index (κ3) is 14.2. The van der Waals surface area contributed by atoms with Gasteiger partial charge in [0.05, 0.1) is 6.61 Å². The van der Waals surface area contributed by atoms with Crippen molar-refractivity contribution in [1.82, 2.24) is 20.9 Å². The summed E-state index contributed by atoms with van der Waals surface area (Å²) in [5, 5.41) is 17.1. The van der Waals surface area contributed by atoms with Crippen molar-refractivity contribution in [2.24, 2.45) is 11.7 Å². The number of piperidine rings is 1. The number of carboxylic acid groups (broad SMARTS) is 1. The highest BCUT2D eigenvalue weighted by Gasteiger charge is 2.48. The number of amides is 5. The van der Waals surface area contributed by atoms with Crippen LogP contribution < -0.4 is 21.7 Å². The molecule has 3 rings (SSSR count). The van der Waals surface area contributed by atoms with Gasteiger partial charge >= 0.3 is 5.97 Å². The predicted octanol–water partition coefficient (Wildman–Crippen LogP) is 4.11. The van der Waals surface area contributed by atoms with Crippen LogP contribution in [0.5, 0.6) is 0 Å². The third-order valence-corrected chi connectivity index (χ3v) is 10.3. The first kappa shape index (κ1) is 42.4. The predicted molar refractivity (Wildman–Crippen MR) is 196 cm³/mol. The molecular formula is C39H61N5O8. The lowest BCUT2D eigenvalue weighted by molar-refractivity contribution is -0.150. The summed E-state index contributed by atoms with van der Waals surface area (Å²) in [7, 11) is 0. The number of ether oxygens (including phenoxy) is 1. The number of nitrogens with zero attached hydrogens (tertiary/aromatic N) is 1. The minimum Gasteiger partial charge on any atom is -0.481 e. The molecule has 6 N–H and O–H groups in total. The number of unbranched alkanes of at least 4 members (excludes halogenated alkanes) is 11. The van der Waals surface area contributed by atoms with Crippen LogP contribution in [0.25, 0.3) is 0 Å². The zero-order valence-electron chi connectivity index (χ0n) is 31.1. The molecule has 2 saturated heterocycles. The minimum absolute atomic E-state index is 0.0235. The number of carbonyl (C=O) groups excluding carboxylic acids is 5. The highest BCUT2D eigenvalue weighted by molar-refractivity contribution is 5.96. The Labute approximate surface area is 308 Å². The van der Waals surface area contributed by atoms with Crippen LogP contribution in [0.4, 0.5) is 0 Å². The Morgan fingerprint density at radius 1 is 0.865 bits per heavy atom. The first-order valence-corrected chi connectivity index (χ1v) is 19.4. The first-order valence-electron chi connectivity index (χ1n) is 19.4. The van der Waals surface area contributed by atoms with Gasteiger partial charge in [-0.15, -0.1) is 0 Å². The molecule has 0 bridgehead atoms. The van der Waals surface area contributed by atoms with E-state index in [2.05, 4.69) is 16.0 Å². The van der Waals surface area contributed by atoms with Gasteiger partial charge in [0.25, 0.3) is 0 Å². The Morgan fingerprint density at radius 2 is 1.44 bits per heavy atom. The van der Waals surface area contributed by atoms with Gasteiger partial charge < -0.3 is 36.4 Å². The highest BCUT2D eigenvalue weighted by Crippen LogP contribution is 2.28. The molecule has 2 fully saturated rings. The van der Waals surface area contributed by atoms with Crippen LogP contribution in [0.3, 0.4) is 0 Å². The van der Waals surface area contributed by atoms with Crippen molar-refractivity contribution in [2.45, 2.75) is 160 Å². The topological polar surface area (TPSA) is 197 Å². The van der Waals surface area contributed by atoms with E-state index in [4.69, 9.17) is 15.6 Å². The summed E-state index contributed by atoms with van der Waals surface area (Å²) in [6.45, 7) is 3.69. The number of aliphatic carboxylic acids is 1. The van der Waals surface area contributed by atoms with Crippen molar-refractivity contribution in [3.8, 4) is 0 Å². The number of hydrogen-bond donors (Lipinski definition) is 5. The molecule has 0 spiro atoms. The second-order valence-corrected chi connectivity index (χ2v) is 14.4. The van der Waals surface area contributed by atoms with Crippen molar-refractivity contribution in [3.63, 3.8) is 0 Å². The number of hydrogen-bond acceptors (Lipinski definition) is 7. The lowest BCUT2D eigenvalue weighted by Crippen LogP contribution is -2.62. The van der Waals surface area contributed by atoms with Crippen LogP contribution >= 0.6 is 0 Å². The lowest BCUT2D eigenvalue weighted by Gasteiger charge is -2.36. The molecule has 0 unspecified atom stereocenters. The fraction of sp³-hybridized carbons (Fsp3) is 0.692. The largest absolute Gasteiger partial charge is 0.481 e. The zero-order chi connectivity index (χ0) is 37.9. The number of fused-ring (bicyclic) bond motifs is 1. The van der Waals surface area contributed by atoms with E-state index in [1.807, 2.05) is 44.2 Å². The number of benzene rings is 1. The molecule has 0 aromatic heterocycles. The molecule has 2 aliphatic heterocycles. The summed E-state index contributed by atoms with van der Waals surface area (Å²) in [6.07, 6.45) is 14.3. The van der Waals surface area contributed by atoms with Gasteiger partial charge in [-0.2, -0.15) is 0 Å². The zero-order valence-corrected chi connectivity index (χ0v) is 31.1. The molecule has 5 amide bonds. The number of primary amides is 1. The monoisotopic (exact) mass is 727 g/mol. The Morgan fingerprint density at radius 3 is 2.00 bits per heavy atom. The van der Waals surface area contributed by atoms with Crippen molar-refractivity contribution in [3.05, 3.63) is 35.9 Å². The Balaban J connectivity index is 1.40. The van der Waals surface area contributed by atoms with Gasteiger partial charge in [0.1, 0.15) is 30.4 Å². The molecule has 0 saturated carbocycles. The Bertz CT molecular complexity index is 1310. The van der Waals surface area contributed by atoms with Crippen LogP contribution in [0.15, 0.2) is 30.3 Å². The molecule has 1 aromatic rings. The first-order chi connectivity index (χ1) is 25.0. The number of nitrogens with two attached hydrogens (primary N) is 1. The third-order valence-electron chi connectivity index (χ3n) is 10.3. The fourth-order valence-electron chi connectivity index (χ4n) is 6.91. The van der Waals surface area contributed by atoms with Crippen LogP contribution in [-0.2, 0) is 39.9 Å². The SMILES string of the molecule is CC[C@H](C)[C@H](NC(=O)[C@@H]1CO[C@H]2CC[C@H](NC(=O)CCCCCCCCCCCCCCC(=O)O)C(=O)N21)C(=O)N[C@@H](Cc1ccccc1)C(N)=O. The average molecular weight is 728 g/mol. The van der Waals surface area contributed by atoms with Crippen LogP contribution in [0.2, 0.25) is 0 Å².